The van der Waals surface area contributed by atoms with Crippen molar-refractivity contribution in [2.75, 3.05) is 26.3 Å². The number of hydrogen-bond donors (Lipinski definition) is 1. The Kier molecular flexibility index (Phi) is 5.90. The fraction of sp³-hybridized carbons (Fsp3) is 0.857. The second-order valence-electron chi connectivity index (χ2n) is 9.43. The topological polar surface area (TPSA) is 72.3 Å². The van der Waals surface area contributed by atoms with E-state index < -0.39 is 0 Å². The molecular weight excluding hydrogens is 354 g/mol. The first-order valence-corrected chi connectivity index (χ1v) is 11.1. The van der Waals surface area contributed by atoms with E-state index in [-0.39, 0.29) is 17.4 Å². The van der Waals surface area contributed by atoms with E-state index in [1.54, 1.807) is 0 Å². The number of amides is 2. The van der Waals surface area contributed by atoms with Gasteiger partial charge in [0.1, 0.15) is 12.2 Å². The number of nitrogens with zero attached hydrogens (tertiary/aromatic N) is 4. The van der Waals surface area contributed by atoms with Crippen LogP contribution in [-0.2, 0) is 11.3 Å². The Hall–Kier alpha value is -1.63. The first-order chi connectivity index (χ1) is 13.6. The number of urea groups is 1. The average Bonchev–Trinajstić information content (AvgIpc) is 3.27. The molecule has 0 aromatic carbocycles. The van der Waals surface area contributed by atoms with Crippen LogP contribution in [0.1, 0.15) is 70.5 Å². The van der Waals surface area contributed by atoms with Crippen LogP contribution in [0.4, 0.5) is 4.79 Å². The molecule has 1 saturated carbocycles. The highest BCUT2D eigenvalue weighted by atomic mass is 16.5. The SMILES string of the molecule is CC(C)Cn1cnnc1C1CN(C(=O)NC2CCCCC2)CC12CCOCC2. The van der Waals surface area contributed by atoms with Crippen molar-refractivity contribution in [2.45, 2.75) is 77.3 Å². The molecule has 7 heteroatoms. The summed E-state index contributed by atoms with van der Waals surface area (Å²) in [6, 6.07) is 0.450. The van der Waals surface area contributed by atoms with Crippen LogP contribution in [0.5, 0.6) is 0 Å². The van der Waals surface area contributed by atoms with E-state index in [1.807, 2.05) is 11.2 Å². The van der Waals surface area contributed by atoms with Gasteiger partial charge in [-0.1, -0.05) is 33.1 Å². The van der Waals surface area contributed by atoms with Gasteiger partial charge in [-0.25, -0.2) is 4.79 Å². The van der Waals surface area contributed by atoms with E-state index in [1.165, 1.54) is 19.3 Å². The van der Waals surface area contributed by atoms with Gasteiger partial charge in [0.05, 0.1) is 0 Å². The maximum atomic E-state index is 13.1. The fourth-order valence-corrected chi connectivity index (χ4v) is 5.34. The van der Waals surface area contributed by atoms with Crippen molar-refractivity contribution in [1.82, 2.24) is 25.0 Å². The Morgan fingerprint density at radius 1 is 1.29 bits per heavy atom. The molecule has 0 radical (unpaired) electrons. The van der Waals surface area contributed by atoms with Crippen molar-refractivity contribution >= 4 is 6.03 Å². The van der Waals surface area contributed by atoms with Gasteiger partial charge in [0, 0.05) is 50.2 Å². The van der Waals surface area contributed by atoms with Crippen molar-refractivity contribution in [3.05, 3.63) is 12.2 Å². The van der Waals surface area contributed by atoms with Crippen molar-refractivity contribution in [1.29, 1.82) is 0 Å². The van der Waals surface area contributed by atoms with Crippen molar-refractivity contribution in [3.8, 4) is 0 Å². The number of carbonyl (C=O) groups excluding carboxylic acids is 1. The molecule has 156 valence electrons. The smallest absolute Gasteiger partial charge is 0.317 e. The third-order valence-electron chi connectivity index (χ3n) is 6.88. The van der Waals surface area contributed by atoms with Crippen LogP contribution in [0.3, 0.4) is 0 Å². The molecule has 1 unspecified atom stereocenters. The van der Waals surface area contributed by atoms with Crippen molar-refractivity contribution < 1.29 is 9.53 Å². The van der Waals surface area contributed by atoms with Crippen LogP contribution < -0.4 is 5.32 Å². The highest BCUT2D eigenvalue weighted by Crippen LogP contribution is 2.49. The van der Waals surface area contributed by atoms with Crippen LogP contribution in [0.15, 0.2) is 6.33 Å². The number of likely N-dealkylation sites (tertiary alicyclic amines) is 1. The summed E-state index contributed by atoms with van der Waals surface area (Å²) < 4.78 is 7.88. The van der Waals surface area contributed by atoms with Gasteiger partial charge >= 0.3 is 6.03 Å². The summed E-state index contributed by atoms with van der Waals surface area (Å²) >= 11 is 0. The first kappa shape index (κ1) is 19.7. The van der Waals surface area contributed by atoms with Crippen molar-refractivity contribution in [2.24, 2.45) is 11.3 Å². The third-order valence-corrected chi connectivity index (χ3v) is 6.88. The summed E-state index contributed by atoms with van der Waals surface area (Å²) in [7, 11) is 0. The lowest BCUT2D eigenvalue weighted by Crippen LogP contribution is -2.45. The summed E-state index contributed by atoms with van der Waals surface area (Å²) in [5.74, 6) is 1.81. The van der Waals surface area contributed by atoms with E-state index in [2.05, 4.69) is 33.9 Å². The Labute approximate surface area is 168 Å². The summed E-state index contributed by atoms with van der Waals surface area (Å²) in [5.41, 5.74) is 0.0594. The van der Waals surface area contributed by atoms with E-state index in [0.29, 0.717) is 12.0 Å². The Bertz CT molecular complexity index is 662. The molecule has 28 heavy (non-hydrogen) atoms. The molecule has 2 amide bonds. The molecule has 3 aliphatic rings. The zero-order valence-corrected chi connectivity index (χ0v) is 17.4. The van der Waals surface area contributed by atoms with Gasteiger partial charge in [-0.15, -0.1) is 10.2 Å². The van der Waals surface area contributed by atoms with Gasteiger partial charge < -0.3 is 19.5 Å². The first-order valence-electron chi connectivity index (χ1n) is 11.1. The predicted molar refractivity (Wildman–Crippen MR) is 107 cm³/mol. The molecule has 2 aliphatic heterocycles. The van der Waals surface area contributed by atoms with E-state index in [9.17, 15) is 4.79 Å². The standard InChI is InChI=1S/C21H35N5O2/c1-16(2)12-26-15-22-24-19(26)18-13-25(14-21(18)8-10-28-11-9-21)20(27)23-17-6-4-3-5-7-17/h15-18H,3-14H2,1-2H3,(H,23,27). The largest absolute Gasteiger partial charge is 0.381 e. The number of ether oxygens (including phenoxy) is 1. The molecule has 1 aliphatic carbocycles. The van der Waals surface area contributed by atoms with Gasteiger partial charge in [-0.2, -0.15) is 0 Å². The summed E-state index contributed by atoms with van der Waals surface area (Å²) in [5, 5.41) is 12.1. The maximum absolute atomic E-state index is 13.1. The van der Waals surface area contributed by atoms with E-state index in [4.69, 9.17) is 4.74 Å². The number of hydrogen-bond acceptors (Lipinski definition) is 4. The molecule has 2 saturated heterocycles. The average molecular weight is 390 g/mol. The lowest BCUT2D eigenvalue weighted by molar-refractivity contribution is 0.0118. The van der Waals surface area contributed by atoms with Gasteiger partial charge in [0.15, 0.2) is 0 Å². The Morgan fingerprint density at radius 2 is 2.04 bits per heavy atom. The monoisotopic (exact) mass is 389 g/mol. The minimum atomic E-state index is 0.0594. The molecule has 4 rings (SSSR count). The number of carbonyl (C=O) groups is 1. The molecular formula is C21H35N5O2. The molecule has 1 aromatic rings. The van der Waals surface area contributed by atoms with Crippen LogP contribution in [0, 0.1) is 11.3 Å². The summed E-state index contributed by atoms with van der Waals surface area (Å²) in [6.07, 6.45) is 9.81. The zero-order valence-electron chi connectivity index (χ0n) is 17.4. The number of nitrogens with one attached hydrogen (secondary N) is 1. The Morgan fingerprint density at radius 3 is 2.75 bits per heavy atom. The summed E-state index contributed by atoms with van der Waals surface area (Å²) in [6.45, 7) is 8.42. The summed E-state index contributed by atoms with van der Waals surface area (Å²) in [4.78, 5) is 15.1. The lowest BCUT2D eigenvalue weighted by atomic mass is 9.71. The number of rotatable bonds is 4. The predicted octanol–water partition coefficient (Wildman–Crippen LogP) is 3.17. The van der Waals surface area contributed by atoms with Crippen LogP contribution in [-0.4, -0.2) is 58.0 Å². The van der Waals surface area contributed by atoms with Crippen molar-refractivity contribution in [3.63, 3.8) is 0 Å². The molecule has 1 aromatic heterocycles. The minimum Gasteiger partial charge on any atom is -0.381 e. The maximum Gasteiger partial charge on any atom is 0.317 e. The van der Waals surface area contributed by atoms with Gasteiger partial charge in [-0.05, 0) is 31.6 Å². The van der Waals surface area contributed by atoms with Crippen LogP contribution in [0.2, 0.25) is 0 Å². The highest BCUT2D eigenvalue weighted by molar-refractivity contribution is 5.75. The van der Waals surface area contributed by atoms with Gasteiger partial charge in [0.2, 0.25) is 0 Å². The molecule has 1 spiro atoms. The highest BCUT2D eigenvalue weighted by Gasteiger charge is 2.51. The zero-order chi connectivity index (χ0) is 19.6. The molecule has 1 N–H and O–H groups in total. The second-order valence-corrected chi connectivity index (χ2v) is 9.43. The van der Waals surface area contributed by atoms with Gasteiger partial charge in [0.25, 0.3) is 0 Å². The third kappa shape index (κ3) is 4.04. The second kappa shape index (κ2) is 8.39. The van der Waals surface area contributed by atoms with E-state index >= 15 is 0 Å². The lowest BCUT2D eigenvalue weighted by Gasteiger charge is -2.37. The normalized spacial score (nSPS) is 25.5. The van der Waals surface area contributed by atoms with Crippen LogP contribution in [0.25, 0.3) is 0 Å². The molecule has 0 bridgehead atoms. The van der Waals surface area contributed by atoms with Gasteiger partial charge in [-0.3, -0.25) is 0 Å². The quantitative estimate of drug-likeness (QED) is 0.858. The fourth-order valence-electron chi connectivity index (χ4n) is 5.34. The Balaban J connectivity index is 1.53. The van der Waals surface area contributed by atoms with Crippen LogP contribution >= 0.6 is 0 Å². The number of aromatic nitrogens is 3. The van der Waals surface area contributed by atoms with E-state index in [0.717, 1.165) is 64.4 Å². The minimum absolute atomic E-state index is 0.0594. The molecule has 3 fully saturated rings. The molecule has 7 nitrogen and oxygen atoms in total. The molecule has 1 atom stereocenters. The molecule has 3 heterocycles.